The minimum Gasteiger partial charge on any atom is -0.311 e. The summed E-state index contributed by atoms with van der Waals surface area (Å²) in [5.41, 5.74) is 18.8. The van der Waals surface area contributed by atoms with Gasteiger partial charge in [-0.2, -0.15) is 0 Å². The summed E-state index contributed by atoms with van der Waals surface area (Å²) in [6.07, 6.45) is 21.2. The lowest BCUT2D eigenvalue weighted by Crippen LogP contribution is -2.13. The fourth-order valence-corrected chi connectivity index (χ4v) is 12.9. The van der Waals surface area contributed by atoms with Crippen molar-refractivity contribution in [2.45, 2.75) is 126 Å². The van der Waals surface area contributed by atoms with E-state index < -0.39 is 0 Å². The summed E-state index contributed by atoms with van der Waals surface area (Å²) in [6, 6.07) is 76.2. The minimum atomic E-state index is 0.688. The highest BCUT2D eigenvalue weighted by atomic mass is 15.2. The van der Waals surface area contributed by atoms with Crippen LogP contribution in [0.3, 0.4) is 0 Å². The first-order valence-corrected chi connectivity index (χ1v) is 27.3. The van der Waals surface area contributed by atoms with Gasteiger partial charge in [-0.05, 0) is 218 Å². The molecular formula is C68H69N3. The molecule has 4 aliphatic carbocycles. The number of rotatable bonds is 14. The van der Waals surface area contributed by atoms with Crippen LogP contribution in [0.2, 0.25) is 0 Å². The van der Waals surface area contributed by atoms with Crippen LogP contribution in [-0.2, 0) is 0 Å². The minimum absolute atomic E-state index is 0.688. The van der Waals surface area contributed by atoms with E-state index in [9.17, 15) is 0 Å². The molecule has 0 bridgehead atoms. The van der Waals surface area contributed by atoms with Crippen molar-refractivity contribution in [3.05, 3.63) is 222 Å². The van der Waals surface area contributed by atoms with Crippen LogP contribution in [0.4, 0.5) is 51.2 Å². The third-order valence-electron chi connectivity index (χ3n) is 16.9. The van der Waals surface area contributed by atoms with Gasteiger partial charge < -0.3 is 14.7 Å². The largest absolute Gasteiger partial charge is 0.311 e. The van der Waals surface area contributed by atoms with Crippen molar-refractivity contribution >= 4 is 51.2 Å². The third-order valence-corrected chi connectivity index (χ3v) is 16.9. The molecule has 0 saturated heterocycles. The van der Waals surface area contributed by atoms with E-state index in [1.54, 1.807) is 0 Å². The molecule has 0 amide bonds. The van der Waals surface area contributed by atoms with Crippen molar-refractivity contribution in [3.63, 3.8) is 0 Å². The average molecular weight is 928 g/mol. The zero-order valence-corrected chi connectivity index (χ0v) is 41.5. The predicted molar refractivity (Wildman–Crippen MR) is 301 cm³/mol. The van der Waals surface area contributed by atoms with Gasteiger partial charge in [0.25, 0.3) is 0 Å². The summed E-state index contributed by atoms with van der Waals surface area (Å²) in [4.78, 5) is 7.31. The zero-order valence-electron chi connectivity index (χ0n) is 41.5. The molecular weight excluding hydrogens is 859 g/mol. The Morgan fingerprint density at radius 2 is 0.380 bits per heavy atom. The molecule has 8 aromatic rings. The van der Waals surface area contributed by atoms with Crippen LogP contribution in [0.25, 0.3) is 11.1 Å². The number of nitrogens with zero attached hydrogens (tertiary/aromatic N) is 3. The SMILES string of the molecule is c1ccc(-c2ccc(N(c3ccc(N(c4ccc(C5CCCC5)cc4)c4ccc(C5CCCC5)cc4)cc3)c3ccc(N(c4ccc(C5CCCC5)cc4)c4ccc(C5CCCC5)cc4)cc3)cc2)cc1. The first kappa shape index (κ1) is 45.3. The third kappa shape index (κ3) is 9.81. The Labute approximate surface area is 423 Å². The topological polar surface area (TPSA) is 9.72 Å². The molecule has 4 saturated carbocycles. The number of benzene rings is 8. The van der Waals surface area contributed by atoms with Crippen molar-refractivity contribution < 1.29 is 0 Å². The predicted octanol–water partition coefficient (Wildman–Crippen LogP) is 20.4. The molecule has 0 spiro atoms. The molecule has 8 aromatic carbocycles. The van der Waals surface area contributed by atoms with Gasteiger partial charge >= 0.3 is 0 Å². The second kappa shape index (κ2) is 20.9. The van der Waals surface area contributed by atoms with Gasteiger partial charge in [0, 0.05) is 51.2 Å². The van der Waals surface area contributed by atoms with Crippen molar-refractivity contribution in [1.29, 1.82) is 0 Å². The summed E-state index contributed by atoms with van der Waals surface area (Å²) >= 11 is 0. The molecule has 71 heavy (non-hydrogen) atoms. The standard InChI is InChI=1S/C68H69N3/c1-2-12-50(13-3-1)55-22-40-64(41-23-55)71(67-46-42-65(43-47-67)69(60-32-24-56(25-33-60)51-14-4-5-15-51)61-34-26-57(27-35-61)52-16-6-7-17-52)68-48-44-66(45-49-68)70(62-36-28-58(29-37-62)53-18-8-9-19-53)63-38-30-59(31-39-63)54-20-10-11-21-54/h1-3,12-13,22-49,51-54H,4-11,14-21H2. The Balaban J connectivity index is 0.902. The molecule has 356 valence electrons. The van der Waals surface area contributed by atoms with Crippen molar-refractivity contribution in [3.8, 4) is 11.1 Å². The van der Waals surface area contributed by atoms with Crippen molar-refractivity contribution in [2.75, 3.05) is 14.7 Å². The number of hydrogen-bond acceptors (Lipinski definition) is 3. The molecule has 0 atom stereocenters. The summed E-state index contributed by atoms with van der Waals surface area (Å²) in [7, 11) is 0. The molecule has 0 N–H and O–H groups in total. The molecule has 0 unspecified atom stereocenters. The zero-order chi connectivity index (χ0) is 47.3. The van der Waals surface area contributed by atoms with E-state index in [1.807, 2.05) is 0 Å². The Morgan fingerprint density at radius 1 is 0.197 bits per heavy atom. The summed E-state index contributed by atoms with van der Waals surface area (Å²) < 4.78 is 0. The smallest absolute Gasteiger partial charge is 0.0463 e. The van der Waals surface area contributed by atoms with Crippen LogP contribution in [-0.4, -0.2) is 0 Å². The summed E-state index contributed by atoms with van der Waals surface area (Å²) in [5, 5.41) is 0. The van der Waals surface area contributed by atoms with Gasteiger partial charge in [-0.1, -0.05) is 142 Å². The molecule has 3 nitrogen and oxygen atoms in total. The van der Waals surface area contributed by atoms with Gasteiger partial charge in [0.05, 0.1) is 0 Å². The summed E-state index contributed by atoms with van der Waals surface area (Å²) in [6.45, 7) is 0. The molecule has 0 heterocycles. The monoisotopic (exact) mass is 928 g/mol. The average Bonchev–Trinajstić information content (AvgIpc) is 4.32. The van der Waals surface area contributed by atoms with Crippen LogP contribution in [0.15, 0.2) is 200 Å². The van der Waals surface area contributed by atoms with E-state index in [0.29, 0.717) is 23.7 Å². The van der Waals surface area contributed by atoms with Crippen LogP contribution >= 0.6 is 0 Å². The molecule has 4 fully saturated rings. The lowest BCUT2D eigenvalue weighted by atomic mass is 9.96. The van der Waals surface area contributed by atoms with Gasteiger partial charge in [-0.3, -0.25) is 0 Å². The van der Waals surface area contributed by atoms with Crippen LogP contribution < -0.4 is 14.7 Å². The lowest BCUT2D eigenvalue weighted by molar-refractivity contribution is 0.723. The number of anilines is 9. The highest BCUT2D eigenvalue weighted by molar-refractivity contribution is 5.84. The van der Waals surface area contributed by atoms with Crippen LogP contribution in [0, 0.1) is 0 Å². The quantitative estimate of drug-likeness (QED) is 0.108. The van der Waals surface area contributed by atoms with Crippen molar-refractivity contribution in [2.24, 2.45) is 0 Å². The van der Waals surface area contributed by atoms with E-state index in [-0.39, 0.29) is 0 Å². The molecule has 4 aliphatic rings. The Kier molecular flexibility index (Phi) is 13.3. The van der Waals surface area contributed by atoms with E-state index in [1.165, 1.54) is 159 Å². The van der Waals surface area contributed by atoms with Crippen LogP contribution in [0.5, 0.6) is 0 Å². The highest BCUT2D eigenvalue weighted by Crippen LogP contribution is 2.45. The fourth-order valence-electron chi connectivity index (χ4n) is 12.9. The van der Waals surface area contributed by atoms with Gasteiger partial charge in [-0.25, -0.2) is 0 Å². The fraction of sp³-hybridized carbons (Fsp3) is 0.294. The molecule has 0 aliphatic heterocycles. The van der Waals surface area contributed by atoms with Gasteiger partial charge in [-0.15, -0.1) is 0 Å². The first-order valence-electron chi connectivity index (χ1n) is 27.3. The van der Waals surface area contributed by atoms with Crippen LogP contribution in [0.1, 0.15) is 149 Å². The van der Waals surface area contributed by atoms with Crippen molar-refractivity contribution in [1.82, 2.24) is 0 Å². The molecule has 12 rings (SSSR count). The Hall–Kier alpha value is -6.84. The second-order valence-electron chi connectivity index (χ2n) is 21.2. The molecule has 3 heteroatoms. The maximum Gasteiger partial charge on any atom is 0.0463 e. The number of hydrogen-bond donors (Lipinski definition) is 0. The van der Waals surface area contributed by atoms with Gasteiger partial charge in [0.2, 0.25) is 0 Å². The van der Waals surface area contributed by atoms with Gasteiger partial charge in [0.1, 0.15) is 0 Å². The normalized spacial score (nSPS) is 16.7. The Morgan fingerprint density at radius 3 is 0.606 bits per heavy atom. The first-order chi connectivity index (χ1) is 35.2. The maximum absolute atomic E-state index is 2.45. The van der Waals surface area contributed by atoms with Gasteiger partial charge in [0.15, 0.2) is 0 Å². The summed E-state index contributed by atoms with van der Waals surface area (Å²) in [5.74, 6) is 2.75. The second-order valence-corrected chi connectivity index (χ2v) is 21.2. The highest BCUT2D eigenvalue weighted by Gasteiger charge is 2.24. The maximum atomic E-state index is 2.45. The lowest BCUT2D eigenvalue weighted by Gasteiger charge is -2.30. The molecule has 0 radical (unpaired) electrons. The van der Waals surface area contributed by atoms with E-state index in [2.05, 4.69) is 215 Å². The van der Waals surface area contributed by atoms with E-state index in [4.69, 9.17) is 0 Å². The van der Waals surface area contributed by atoms with E-state index >= 15 is 0 Å². The van der Waals surface area contributed by atoms with E-state index in [0.717, 1.165) is 28.4 Å². The Bertz CT molecular complexity index is 2650. The molecule has 0 aromatic heterocycles.